The Kier molecular flexibility index (Phi) is 48.4. The third-order valence-electron chi connectivity index (χ3n) is 11.4. The average Bonchev–Trinajstić information content (AvgIpc) is 3.27. The van der Waals surface area contributed by atoms with Crippen molar-refractivity contribution in [2.45, 2.75) is 236 Å². The maximum Gasteiger partial charge on any atom is 0.306 e. The van der Waals surface area contributed by atoms with E-state index in [-0.39, 0.29) is 37.4 Å². The van der Waals surface area contributed by atoms with Crippen molar-refractivity contribution >= 4 is 43.2 Å². The van der Waals surface area contributed by atoms with Crippen molar-refractivity contribution in [3.8, 4) is 0 Å². The number of rotatable bonds is 44. The fraction of sp³-hybridized carbons (Fsp3) is 0.867. The van der Waals surface area contributed by atoms with E-state index in [1.807, 2.05) is 0 Å². The van der Waals surface area contributed by atoms with Gasteiger partial charge in [-0.3, -0.25) is 27.8 Å². The lowest BCUT2D eigenvalue weighted by Gasteiger charge is -2.49. The van der Waals surface area contributed by atoms with Gasteiger partial charge in [-0.25, -0.2) is 0 Å². The smallest absolute Gasteiger partial charge is 0.306 e. The minimum absolute atomic E-state index is 0. The predicted molar refractivity (Wildman–Crippen MR) is 278 cm³/mol. The molecule has 0 aromatic heterocycles. The number of carbonyl (C=O) groups is 2. The van der Waals surface area contributed by atoms with Gasteiger partial charge < -0.3 is 101 Å². The lowest BCUT2D eigenvalue weighted by Crippen LogP contribution is -2.66. The van der Waals surface area contributed by atoms with Crippen LogP contribution in [-0.4, -0.2) is 92.8 Å². The number of ether oxygens (including phenoxy) is 2. The fourth-order valence-electron chi connectivity index (χ4n) is 7.76. The summed E-state index contributed by atoms with van der Waals surface area (Å²) in [5, 5.41) is 21.7. The lowest BCUT2D eigenvalue weighted by atomic mass is 9.85. The number of carbonyl (C=O) groups excluding carboxylic acids is 2. The van der Waals surface area contributed by atoms with Gasteiger partial charge >= 0.3 is 11.9 Å². The van der Waals surface area contributed by atoms with Crippen LogP contribution in [0.3, 0.4) is 0 Å². The van der Waals surface area contributed by atoms with E-state index in [9.17, 15) is 72.3 Å². The molecule has 450 valence electrons. The first-order valence-electron chi connectivity index (χ1n) is 25.3. The first-order valence-corrected chi connectivity index (χ1v) is 31.2. The van der Waals surface area contributed by atoms with Crippen molar-refractivity contribution in [1.29, 1.82) is 0 Å². The summed E-state index contributed by atoms with van der Waals surface area (Å²) in [5.41, 5.74) is 0. The molecule has 21 N–H and O–H groups in total. The second kappa shape index (κ2) is 45.4. The number of esters is 2. The molecule has 0 bridgehead atoms. The van der Waals surface area contributed by atoms with E-state index in [0.717, 1.165) is 70.6 Å². The standard InChI is InChI=1S/C45H86O22P4.4H3N/c1-3-5-7-9-11-13-15-17-19-21-23-25-27-29-31-33-38(46)61-35-37(63-39(47)34-32-30-28-26-24-22-20-18-16-14-12-10-8-6-4-2)36-62-71(59,60)67-42-40(48)43(64-68(50,51)52)45(66-70(56,57)58)44(41(42)49)65-69(53,54)55;;;;/h17-20,37,40-45,48-49H,3-16,21-36H2,1-2H3,(H,59,60)(H2,50,51,52)(H2,53,54,55)(H2,56,57,58);4*1H3/b19-17-,20-18-;;;;/t37-,40?,41?,42?,43+,44?,45?;;;;/m1..../s1. The topological polar surface area (TPSA) is 506 Å². The van der Waals surface area contributed by atoms with Crippen LogP contribution in [0.5, 0.6) is 0 Å². The zero-order chi connectivity index (χ0) is 53.2. The molecule has 75 heavy (non-hydrogen) atoms. The van der Waals surface area contributed by atoms with Crippen LogP contribution in [0.1, 0.15) is 194 Å². The molecule has 0 heterocycles. The third-order valence-corrected chi connectivity index (χ3v) is 13.9. The quantitative estimate of drug-likeness (QED) is 0.0120. The molecular weight excluding hydrogens is 1070 g/mol. The largest absolute Gasteiger partial charge is 0.756 e. The van der Waals surface area contributed by atoms with Gasteiger partial charge in [-0.05, 0) is 64.2 Å². The predicted octanol–water partition coefficient (Wildman–Crippen LogP) is 8.16. The van der Waals surface area contributed by atoms with Gasteiger partial charge in [-0.1, -0.05) is 141 Å². The number of phosphoric acid groups is 4. The van der Waals surface area contributed by atoms with Crippen LogP contribution in [0.15, 0.2) is 24.3 Å². The van der Waals surface area contributed by atoms with Gasteiger partial charge in [-0.15, -0.1) is 0 Å². The van der Waals surface area contributed by atoms with E-state index in [2.05, 4.69) is 51.7 Å². The summed E-state index contributed by atoms with van der Waals surface area (Å²) in [5.74, 6) is -1.48. The van der Waals surface area contributed by atoms with Gasteiger partial charge in [0.15, 0.2) is 6.10 Å². The minimum atomic E-state index is -6.09. The highest BCUT2D eigenvalue weighted by atomic mass is 31.2. The number of unbranched alkanes of at least 4 members (excludes halogenated alkanes) is 22. The Morgan fingerprint density at radius 3 is 1.13 bits per heavy atom. The molecule has 26 nitrogen and oxygen atoms in total. The van der Waals surface area contributed by atoms with Crippen molar-refractivity contribution < 1.29 is 104 Å². The number of aliphatic hydroxyl groups is 2. The number of hydrogen-bond donors (Lipinski definition) is 9. The Morgan fingerprint density at radius 2 is 0.773 bits per heavy atom. The summed E-state index contributed by atoms with van der Waals surface area (Å²) < 4.78 is 80.7. The highest BCUT2D eigenvalue weighted by molar-refractivity contribution is 7.46. The molecule has 30 heteroatoms. The molecule has 1 aliphatic rings. The van der Waals surface area contributed by atoms with Gasteiger partial charge in [0.1, 0.15) is 43.2 Å². The van der Waals surface area contributed by atoms with Crippen LogP contribution in [-0.2, 0) is 59.9 Å². The molecule has 0 spiro atoms. The molecule has 9 unspecified atom stereocenters. The van der Waals surface area contributed by atoms with E-state index in [1.54, 1.807) is 0 Å². The number of hydrogen-bond acceptors (Lipinski definition) is 19. The average molecular weight is 1170 g/mol. The lowest BCUT2D eigenvalue weighted by molar-refractivity contribution is -0.286. The Hall–Kier alpha value is -1.38. The van der Waals surface area contributed by atoms with E-state index in [0.29, 0.717) is 19.3 Å². The van der Waals surface area contributed by atoms with E-state index >= 15 is 0 Å². The number of phosphoric ester groups is 4. The molecule has 1 rings (SSSR count). The summed E-state index contributed by atoms with van der Waals surface area (Å²) in [6.07, 6.45) is 16.8. The zero-order valence-electron chi connectivity index (χ0n) is 45.5. The Bertz CT molecular complexity index is 1670. The number of aliphatic hydroxyl groups excluding tert-OH is 2. The van der Waals surface area contributed by atoms with Crippen molar-refractivity contribution in [3.05, 3.63) is 24.3 Å². The Morgan fingerprint density at radius 1 is 0.453 bits per heavy atom. The molecular formula is C45H98N4O22P4. The van der Waals surface area contributed by atoms with Crippen molar-refractivity contribution in [2.75, 3.05) is 13.2 Å². The van der Waals surface area contributed by atoms with Crippen LogP contribution in [0, 0.1) is 0 Å². The van der Waals surface area contributed by atoms with Crippen LogP contribution in [0.4, 0.5) is 0 Å². The number of quaternary nitrogens is 4. The van der Waals surface area contributed by atoms with Gasteiger partial charge in [0, 0.05) is 12.8 Å². The minimum Gasteiger partial charge on any atom is -0.756 e. The second-order valence-electron chi connectivity index (χ2n) is 17.9. The zero-order valence-corrected chi connectivity index (χ0v) is 49.1. The maximum absolute atomic E-state index is 13.1. The SMILES string of the molecule is CCCCCCCC/C=C\CCCCCCCC(=O)OC[C@H](COP(=O)([O-])OC1C(O)C(OP(=O)([O-])O)C(OP(=O)([O-])O)[C@@H](OP(=O)([O-])O)C1O)OC(=O)CCCCCCC/C=C\CCCCCCCC.[NH4+].[NH4+].[NH4+].[NH4+]. The summed E-state index contributed by atoms with van der Waals surface area (Å²) >= 11 is 0. The third kappa shape index (κ3) is 43.1. The van der Waals surface area contributed by atoms with Gasteiger partial charge in [-0.2, -0.15) is 0 Å². The number of allylic oxidation sites excluding steroid dienone is 4. The summed E-state index contributed by atoms with van der Waals surface area (Å²) in [4.78, 5) is 101. The highest BCUT2D eigenvalue weighted by Crippen LogP contribution is 2.50. The van der Waals surface area contributed by atoms with E-state index in [4.69, 9.17) is 18.5 Å². The van der Waals surface area contributed by atoms with E-state index < -0.39 is 99.2 Å². The van der Waals surface area contributed by atoms with Gasteiger partial charge in [0.25, 0.3) is 31.3 Å². The second-order valence-corrected chi connectivity index (χ2v) is 22.7. The van der Waals surface area contributed by atoms with Crippen LogP contribution >= 0.6 is 31.3 Å². The first-order chi connectivity index (χ1) is 33.5. The van der Waals surface area contributed by atoms with Crippen molar-refractivity contribution in [3.63, 3.8) is 0 Å². The molecule has 1 fully saturated rings. The normalized spacial score (nSPS) is 22.2. The monoisotopic (exact) mass is 1170 g/mol. The molecule has 0 aromatic rings. The molecule has 0 aromatic carbocycles. The fourth-order valence-corrected chi connectivity index (χ4v) is 10.4. The van der Waals surface area contributed by atoms with Crippen molar-refractivity contribution in [1.82, 2.24) is 24.6 Å². The maximum atomic E-state index is 13.1. The van der Waals surface area contributed by atoms with Crippen molar-refractivity contribution in [2.24, 2.45) is 0 Å². The molecule has 0 amide bonds. The Labute approximate surface area is 444 Å². The Balaban J connectivity index is -0.00000630. The van der Waals surface area contributed by atoms with Gasteiger partial charge in [0.05, 0.1) is 6.61 Å². The molecule has 1 saturated carbocycles. The first kappa shape index (κ1) is 80.1. The highest BCUT2D eigenvalue weighted by Gasteiger charge is 2.56. The summed E-state index contributed by atoms with van der Waals surface area (Å²) in [7, 11) is -24.2. The molecule has 0 radical (unpaired) electrons. The van der Waals surface area contributed by atoms with Crippen LogP contribution < -0.4 is 44.2 Å². The molecule has 0 aliphatic heterocycles. The summed E-state index contributed by atoms with van der Waals surface area (Å²) in [6.45, 7) is 2.59. The van der Waals surface area contributed by atoms with Crippen LogP contribution in [0.25, 0.3) is 0 Å². The molecule has 1 aliphatic carbocycles. The molecule has 0 saturated heterocycles. The molecule has 11 atom stereocenters. The van der Waals surface area contributed by atoms with Crippen LogP contribution in [0.2, 0.25) is 0 Å². The van der Waals surface area contributed by atoms with Gasteiger partial charge in [0.2, 0.25) is 0 Å². The summed E-state index contributed by atoms with van der Waals surface area (Å²) in [6, 6.07) is 0. The van der Waals surface area contributed by atoms with E-state index in [1.165, 1.54) is 77.0 Å².